The van der Waals surface area contributed by atoms with Gasteiger partial charge in [-0.3, -0.25) is 4.79 Å². The third-order valence-corrected chi connectivity index (χ3v) is 5.20. The highest BCUT2D eigenvalue weighted by molar-refractivity contribution is 7.89. The number of carbonyl (C=O) groups is 1. The first-order valence-electron chi connectivity index (χ1n) is 8.77. The molecule has 0 radical (unpaired) electrons. The van der Waals surface area contributed by atoms with Crippen molar-refractivity contribution in [3.8, 4) is 5.75 Å². The van der Waals surface area contributed by atoms with Gasteiger partial charge >= 0.3 is 0 Å². The van der Waals surface area contributed by atoms with Gasteiger partial charge in [0.15, 0.2) is 6.10 Å². The second-order valence-corrected chi connectivity index (χ2v) is 8.24. The van der Waals surface area contributed by atoms with E-state index < -0.39 is 16.1 Å². The third-order valence-electron chi connectivity index (χ3n) is 3.73. The minimum Gasteiger partial charge on any atom is -0.481 e. The van der Waals surface area contributed by atoms with Crippen molar-refractivity contribution in [3.05, 3.63) is 29.8 Å². The number of nitrogens with one attached hydrogen (secondary N) is 2. The van der Waals surface area contributed by atoms with Gasteiger partial charge in [-0.25, -0.2) is 13.1 Å². The molecule has 0 aliphatic heterocycles. The van der Waals surface area contributed by atoms with Crippen LogP contribution in [0.3, 0.4) is 0 Å². The van der Waals surface area contributed by atoms with E-state index in [1.54, 1.807) is 6.92 Å². The minimum atomic E-state index is -3.26. The molecule has 6 nitrogen and oxygen atoms in total. The van der Waals surface area contributed by atoms with Crippen LogP contribution in [0.5, 0.6) is 5.75 Å². The quantitative estimate of drug-likeness (QED) is 0.586. The van der Waals surface area contributed by atoms with Crippen LogP contribution in [0.25, 0.3) is 0 Å². The van der Waals surface area contributed by atoms with Gasteiger partial charge in [0.1, 0.15) is 5.75 Å². The molecular formula is C18H30N2O4S. The van der Waals surface area contributed by atoms with E-state index in [9.17, 15) is 13.2 Å². The fourth-order valence-electron chi connectivity index (χ4n) is 2.25. The predicted octanol–water partition coefficient (Wildman–Crippen LogP) is 2.41. The summed E-state index contributed by atoms with van der Waals surface area (Å²) in [7, 11) is -3.26. The number of carbonyl (C=O) groups excluding carboxylic acids is 1. The molecule has 0 heterocycles. The van der Waals surface area contributed by atoms with Gasteiger partial charge in [-0.2, -0.15) is 0 Å². The molecule has 2 N–H and O–H groups in total. The number of benzene rings is 1. The molecule has 0 saturated carbocycles. The first-order chi connectivity index (χ1) is 11.8. The van der Waals surface area contributed by atoms with E-state index in [1.807, 2.05) is 31.2 Å². The molecule has 1 aromatic rings. The van der Waals surface area contributed by atoms with Crippen molar-refractivity contribution < 1.29 is 17.9 Å². The molecule has 1 atom stereocenters. The summed E-state index contributed by atoms with van der Waals surface area (Å²) in [6.07, 6.45) is 0.795. The van der Waals surface area contributed by atoms with E-state index in [2.05, 4.69) is 23.9 Å². The summed E-state index contributed by atoms with van der Waals surface area (Å²) < 4.78 is 31.6. The average molecular weight is 371 g/mol. The number of ether oxygens (including phenoxy) is 1. The van der Waals surface area contributed by atoms with Crippen molar-refractivity contribution in [2.45, 2.75) is 52.6 Å². The van der Waals surface area contributed by atoms with Crippen LogP contribution in [0.15, 0.2) is 24.3 Å². The van der Waals surface area contributed by atoms with E-state index in [-0.39, 0.29) is 24.7 Å². The summed E-state index contributed by atoms with van der Waals surface area (Å²) in [5, 5.41) is 2.69. The Morgan fingerprint density at radius 3 is 2.48 bits per heavy atom. The summed E-state index contributed by atoms with van der Waals surface area (Å²) in [4.78, 5) is 12.1. The Labute approximate surface area is 151 Å². The van der Waals surface area contributed by atoms with Crippen LogP contribution in [-0.4, -0.2) is 39.3 Å². The summed E-state index contributed by atoms with van der Waals surface area (Å²) in [5.41, 5.74) is 1.05. The van der Waals surface area contributed by atoms with Gasteiger partial charge in [0.25, 0.3) is 5.91 Å². The van der Waals surface area contributed by atoms with Gasteiger partial charge in [0.2, 0.25) is 10.0 Å². The van der Waals surface area contributed by atoms with Crippen LogP contribution >= 0.6 is 0 Å². The molecule has 1 unspecified atom stereocenters. The maximum atomic E-state index is 12.1. The van der Waals surface area contributed by atoms with Crippen molar-refractivity contribution in [1.29, 1.82) is 0 Å². The van der Waals surface area contributed by atoms with Gasteiger partial charge in [-0.1, -0.05) is 45.4 Å². The van der Waals surface area contributed by atoms with Crippen LogP contribution < -0.4 is 14.8 Å². The van der Waals surface area contributed by atoms with Crippen molar-refractivity contribution in [1.82, 2.24) is 10.0 Å². The Morgan fingerprint density at radius 2 is 1.84 bits per heavy atom. The average Bonchev–Trinajstić information content (AvgIpc) is 2.57. The first-order valence-corrected chi connectivity index (χ1v) is 10.4. The van der Waals surface area contributed by atoms with E-state index in [0.717, 1.165) is 12.0 Å². The molecule has 1 amide bonds. The Morgan fingerprint density at radius 1 is 1.16 bits per heavy atom. The number of hydrogen-bond acceptors (Lipinski definition) is 4. The monoisotopic (exact) mass is 370 g/mol. The largest absolute Gasteiger partial charge is 0.481 e. The number of amides is 1. The predicted molar refractivity (Wildman–Crippen MR) is 100 cm³/mol. The SMILES string of the molecule is CCCCS(=O)(=O)NCCNC(=O)C(C)Oc1ccccc1C(C)C. The second kappa shape index (κ2) is 10.4. The zero-order chi connectivity index (χ0) is 18.9. The van der Waals surface area contributed by atoms with Crippen molar-refractivity contribution >= 4 is 15.9 Å². The van der Waals surface area contributed by atoms with Gasteiger partial charge in [-0.15, -0.1) is 0 Å². The van der Waals surface area contributed by atoms with E-state index in [0.29, 0.717) is 18.1 Å². The Bertz CT molecular complexity index is 644. The lowest BCUT2D eigenvalue weighted by atomic mass is 10.0. The maximum absolute atomic E-state index is 12.1. The molecule has 0 fully saturated rings. The molecule has 142 valence electrons. The van der Waals surface area contributed by atoms with Crippen LogP contribution in [0.4, 0.5) is 0 Å². The van der Waals surface area contributed by atoms with Gasteiger partial charge < -0.3 is 10.1 Å². The summed E-state index contributed by atoms with van der Waals surface area (Å²) >= 11 is 0. The molecule has 25 heavy (non-hydrogen) atoms. The molecule has 0 aromatic heterocycles. The number of rotatable bonds is 11. The topological polar surface area (TPSA) is 84.5 Å². The van der Waals surface area contributed by atoms with Crippen molar-refractivity contribution in [2.75, 3.05) is 18.8 Å². The lowest BCUT2D eigenvalue weighted by Crippen LogP contribution is -2.41. The molecule has 0 aliphatic rings. The van der Waals surface area contributed by atoms with E-state index in [1.165, 1.54) is 0 Å². The second-order valence-electron chi connectivity index (χ2n) is 6.31. The molecule has 0 aliphatic carbocycles. The lowest BCUT2D eigenvalue weighted by Gasteiger charge is -2.18. The molecule has 0 bridgehead atoms. The highest BCUT2D eigenvalue weighted by atomic mass is 32.2. The van der Waals surface area contributed by atoms with Crippen LogP contribution in [0.1, 0.15) is 52.0 Å². The normalized spacial score (nSPS) is 12.8. The molecule has 0 spiro atoms. The molecule has 1 rings (SSSR count). The van der Waals surface area contributed by atoms with Crippen LogP contribution in [0.2, 0.25) is 0 Å². The highest BCUT2D eigenvalue weighted by Crippen LogP contribution is 2.26. The number of hydrogen-bond donors (Lipinski definition) is 2. The molecule has 7 heteroatoms. The van der Waals surface area contributed by atoms with Crippen molar-refractivity contribution in [3.63, 3.8) is 0 Å². The number of para-hydroxylation sites is 1. The van der Waals surface area contributed by atoms with Gasteiger partial charge in [0, 0.05) is 13.1 Å². The Balaban J connectivity index is 2.43. The summed E-state index contributed by atoms with van der Waals surface area (Å²) in [5.74, 6) is 0.832. The molecule has 1 aromatic carbocycles. The maximum Gasteiger partial charge on any atom is 0.260 e. The fourth-order valence-corrected chi connectivity index (χ4v) is 3.48. The highest BCUT2D eigenvalue weighted by Gasteiger charge is 2.17. The van der Waals surface area contributed by atoms with Crippen LogP contribution in [0, 0.1) is 0 Å². The lowest BCUT2D eigenvalue weighted by molar-refractivity contribution is -0.127. The Hall–Kier alpha value is -1.60. The standard InChI is InChI=1S/C18H30N2O4S/c1-5-6-13-25(22,23)20-12-11-19-18(21)15(4)24-17-10-8-7-9-16(17)14(2)3/h7-10,14-15,20H,5-6,11-13H2,1-4H3,(H,19,21). The first kappa shape index (κ1) is 21.4. The van der Waals surface area contributed by atoms with Crippen molar-refractivity contribution in [2.24, 2.45) is 0 Å². The minimum absolute atomic E-state index is 0.114. The van der Waals surface area contributed by atoms with Gasteiger partial charge in [-0.05, 0) is 30.9 Å². The van der Waals surface area contributed by atoms with E-state index in [4.69, 9.17) is 4.74 Å². The smallest absolute Gasteiger partial charge is 0.260 e. The zero-order valence-electron chi connectivity index (χ0n) is 15.5. The summed E-state index contributed by atoms with van der Waals surface area (Å²) in [6.45, 7) is 8.15. The molecule has 0 saturated heterocycles. The van der Waals surface area contributed by atoms with Gasteiger partial charge in [0.05, 0.1) is 5.75 Å². The molecular weight excluding hydrogens is 340 g/mol. The third kappa shape index (κ3) is 7.88. The zero-order valence-corrected chi connectivity index (χ0v) is 16.4. The number of sulfonamides is 1. The van der Waals surface area contributed by atoms with Crippen LogP contribution in [-0.2, 0) is 14.8 Å². The Kier molecular flexibility index (Phi) is 8.92. The fraction of sp³-hybridized carbons (Fsp3) is 0.611. The number of unbranched alkanes of at least 4 members (excludes halogenated alkanes) is 1. The van der Waals surface area contributed by atoms with E-state index >= 15 is 0 Å². The summed E-state index contributed by atoms with van der Waals surface area (Å²) in [6, 6.07) is 7.64.